The molecule has 1 N–H and O–H groups in total. The van der Waals surface area contributed by atoms with Gasteiger partial charge in [-0.1, -0.05) is 36.4 Å². The minimum Gasteiger partial charge on any atom is -0.469 e. The zero-order valence-corrected chi connectivity index (χ0v) is 14.7. The molecular formula is C19H18N2O3S. The third-order valence-electron chi connectivity index (χ3n) is 4.88. The molecule has 2 bridgehead atoms. The summed E-state index contributed by atoms with van der Waals surface area (Å²) in [5, 5.41) is 3.84. The SMILES string of the molecule is COC(=O)[C@@H]1[C@H]2NC(=S)N(c3ccccc3)[C@]1(C)Oc1ccccc12. The van der Waals surface area contributed by atoms with Crippen molar-refractivity contribution in [2.75, 3.05) is 12.0 Å². The van der Waals surface area contributed by atoms with Gasteiger partial charge in [-0.3, -0.25) is 9.69 Å². The van der Waals surface area contributed by atoms with Crippen LogP contribution in [0.5, 0.6) is 5.75 Å². The molecule has 0 amide bonds. The Morgan fingerprint density at radius 2 is 1.88 bits per heavy atom. The van der Waals surface area contributed by atoms with Gasteiger partial charge < -0.3 is 14.8 Å². The Hall–Kier alpha value is -2.60. The zero-order valence-electron chi connectivity index (χ0n) is 13.9. The van der Waals surface area contributed by atoms with E-state index in [1.165, 1.54) is 7.11 Å². The van der Waals surface area contributed by atoms with Crippen molar-refractivity contribution in [3.63, 3.8) is 0 Å². The minimum absolute atomic E-state index is 0.296. The average molecular weight is 354 g/mol. The van der Waals surface area contributed by atoms with Crippen LogP contribution < -0.4 is 15.0 Å². The summed E-state index contributed by atoms with van der Waals surface area (Å²) in [6, 6.07) is 17.1. The highest BCUT2D eigenvalue weighted by molar-refractivity contribution is 7.80. The molecule has 25 heavy (non-hydrogen) atoms. The number of esters is 1. The number of nitrogens with one attached hydrogen (secondary N) is 1. The molecule has 3 atom stereocenters. The number of carbonyl (C=O) groups is 1. The van der Waals surface area contributed by atoms with E-state index < -0.39 is 11.6 Å². The standard InChI is InChI=1S/C19H18N2O3S/c1-19-15(17(22)23-2)16(13-10-6-7-11-14(13)24-19)20-18(25)21(19)12-8-4-3-5-9-12/h3-11,15-16H,1-2H3,(H,20,25)/t15-,16-,19+/m0/s1. The maximum Gasteiger partial charge on any atom is 0.317 e. The lowest BCUT2D eigenvalue weighted by Crippen LogP contribution is -2.71. The Morgan fingerprint density at radius 1 is 1.20 bits per heavy atom. The van der Waals surface area contributed by atoms with Crippen molar-refractivity contribution >= 4 is 29.0 Å². The number of carbonyl (C=O) groups excluding carboxylic acids is 1. The van der Waals surface area contributed by atoms with Crippen LogP contribution in [0.15, 0.2) is 54.6 Å². The van der Waals surface area contributed by atoms with Gasteiger partial charge in [0.25, 0.3) is 0 Å². The van der Waals surface area contributed by atoms with Crippen LogP contribution in [0.25, 0.3) is 0 Å². The first-order valence-electron chi connectivity index (χ1n) is 8.08. The molecule has 0 aliphatic carbocycles. The van der Waals surface area contributed by atoms with Crippen molar-refractivity contribution in [2.45, 2.75) is 18.7 Å². The normalized spacial score (nSPS) is 27.0. The molecule has 4 rings (SSSR count). The number of hydrogen-bond acceptors (Lipinski definition) is 4. The minimum atomic E-state index is -0.990. The summed E-state index contributed by atoms with van der Waals surface area (Å²) in [6.07, 6.45) is 0. The number of ether oxygens (including phenoxy) is 2. The Kier molecular flexibility index (Phi) is 3.65. The Balaban J connectivity index is 1.91. The molecule has 128 valence electrons. The number of thiocarbonyl (C=S) groups is 1. The molecule has 0 unspecified atom stereocenters. The second-order valence-electron chi connectivity index (χ2n) is 6.29. The highest BCUT2D eigenvalue weighted by Gasteiger charge is 2.59. The third-order valence-corrected chi connectivity index (χ3v) is 5.18. The first-order valence-corrected chi connectivity index (χ1v) is 8.48. The summed E-state index contributed by atoms with van der Waals surface area (Å²) in [5.74, 6) is -0.164. The number of anilines is 1. The molecule has 0 radical (unpaired) electrons. The maximum absolute atomic E-state index is 12.7. The largest absolute Gasteiger partial charge is 0.469 e. The zero-order chi connectivity index (χ0) is 17.6. The van der Waals surface area contributed by atoms with E-state index in [4.69, 9.17) is 21.7 Å². The fraction of sp³-hybridized carbons (Fsp3) is 0.263. The summed E-state index contributed by atoms with van der Waals surface area (Å²) in [7, 11) is 1.40. The lowest BCUT2D eigenvalue weighted by molar-refractivity contribution is -0.157. The Morgan fingerprint density at radius 3 is 2.60 bits per heavy atom. The monoisotopic (exact) mass is 354 g/mol. The van der Waals surface area contributed by atoms with Crippen molar-refractivity contribution in [2.24, 2.45) is 5.92 Å². The van der Waals surface area contributed by atoms with E-state index in [0.717, 1.165) is 17.0 Å². The molecule has 1 fully saturated rings. The highest BCUT2D eigenvalue weighted by atomic mass is 32.1. The Bertz CT molecular complexity index is 842. The van der Waals surface area contributed by atoms with Gasteiger partial charge in [-0.2, -0.15) is 0 Å². The summed E-state index contributed by atoms with van der Waals surface area (Å²) in [4.78, 5) is 14.5. The van der Waals surface area contributed by atoms with E-state index in [9.17, 15) is 4.79 Å². The molecule has 1 saturated heterocycles. The molecule has 0 aromatic heterocycles. The fourth-order valence-corrected chi connectivity index (χ4v) is 4.20. The quantitative estimate of drug-likeness (QED) is 0.661. The van der Waals surface area contributed by atoms with Crippen LogP contribution in [-0.2, 0) is 9.53 Å². The lowest BCUT2D eigenvalue weighted by Gasteiger charge is -2.55. The topological polar surface area (TPSA) is 50.8 Å². The number of para-hydroxylation sites is 2. The van der Waals surface area contributed by atoms with Crippen LogP contribution in [0.2, 0.25) is 0 Å². The fourth-order valence-electron chi connectivity index (χ4n) is 3.78. The number of nitrogens with zero attached hydrogens (tertiary/aromatic N) is 1. The Labute approximate surface area is 151 Å². The van der Waals surface area contributed by atoms with E-state index in [-0.39, 0.29) is 12.0 Å². The molecule has 2 aromatic carbocycles. The van der Waals surface area contributed by atoms with E-state index in [2.05, 4.69) is 5.32 Å². The van der Waals surface area contributed by atoms with Gasteiger partial charge in [0.15, 0.2) is 5.11 Å². The summed E-state index contributed by atoms with van der Waals surface area (Å²) < 4.78 is 11.5. The van der Waals surface area contributed by atoms with Crippen molar-refractivity contribution in [1.29, 1.82) is 0 Å². The third kappa shape index (κ3) is 2.28. The molecule has 2 aliphatic heterocycles. The molecule has 2 heterocycles. The predicted molar refractivity (Wildman–Crippen MR) is 98.4 cm³/mol. The number of hydrogen-bond donors (Lipinski definition) is 1. The maximum atomic E-state index is 12.7. The summed E-state index contributed by atoms with van der Waals surface area (Å²) >= 11 is 5.62. The van der Waals surface area contributed by atoms with Crippen LogP contribution >= 0.6 is 12.2 Å². The molecule has 0 saturated carbocycles. The van der Waals surface area contributed by atoms with Crippen molar-refractivity contribution in [3.05, 3.63) is 60.2 Å². The summed E-state index contributed by atoms with van der Waals surface area (Å²) in [6.45, 7) is 1.89. The van der Waals surface area contributed by atoms with Gasteiger partial charge in [0.1, 0.15) is 11.7 Å². The van der Waals surface area contributed by atoms with E-state index in [0.29, 0.717) is 5.11 Å². The van der Waals surface area contributed by atoms with Crippen LogP contribution in [-0.4, -0.2) is 23.9 Å². The van der Waals surface area contributed by atoms with Gasteiger partial charge in [0.05, 0.1) is 13.2 Å². The van der Waals surface area contributed by atoms with Crippen molar-refractivity contribution in [1.82, 2.24) is 5.32 Å². The lowest BCUT2D eigenvalue weighted by atomic mass is 9.79. The molecule has 5 nitrogen and oxygen atoms in total. The number of rotatable bonds is 2. The van der Waals surface area contributed by atoms with Crippen LogP contribution in [0.4, 0.5) is 5.69 Å². The van der Waals surface area contributed by atoms with E-state index in [1.807, 2.05) is 66.4 Å². The van der Waals surface area contributed by atoms with Crippen molar-refractivity contribution < 1.29 is 14.3 Å². The van der Waals surface area contributed by atoms with E-state index in [1.54, 1.807) is 0 Å². The average Bonchev–Trinajstić information content (AvgIpc) is 2.61. The predicted octanol–water partition coefficient (Wildman–Crippen LogP) is 3.02. The number of methoxy groups -OCH3 is 1. The van der Waals surface area contributed by atoms with Gasteiger partial charge in [0, 0.05) is 11.3 Å². The van der Waals surface area contributed by atoms with Crippen molar-refractivity contribution in [3.8, 4) is 5.75 Å². The van der Waals surface area contributed by atoms with Gasteiger partial charge in [-0.05, 0) is 37.3 Å². The second kappa shape index (κ2) is 5.74. The van der Waals surface area contributed by atoms with Gasteiger partial charge in [-0.15, -0.1) is 0 Å². The first-order chi connectivity index (χ1) is 12.1. The number of benzene rings is 2. The van der Waals surface area contributed by atoms with Gasteiger partial charge >= 0.3 is 5.97 Å². The van der Waals surface area contributed by atoms with Gasteiger partial charge in [0.2, 0.25) is 5.72 Å². The molecular weight excluding hydrogens is 336 g/mol. The summed E-state index contributed by atoms with van der Waals surface area (Å²) in [5.41, 5.74) is 0.773. The number of fused-ring (bicyclic) bond motifs is 4. The molecule has 6 heteroatoms. The van der Waals surface area contributed by atoms with Crippen LogP contribution in [0.3, 0.4) is 0 Å². The highest BCUT2D eigenvalue weighted by Crippen LogP contribution is 2.49. The van der Waals surface area contributed by atoms with E-state index >= 15 is 0 Å². The second-order valence-corrected chi connectivity index (χ2v) is 6.68. The first kappa shape index (κ1) is 15.9. The van der Waals surface area contributed by atoms with Gasteiger partial charge in [-0.25, -0.2) is 0 Å². The van der Waals surface area contributed by atoms with Crippen LogP contribution in [0, 0.1) is 5.92 Å². The molecule has 0 spiro atoms. The molecule has 2 aliphatic rings. The smallest absolute Gasteiger partial charge is 0.317 e. The molecule has 2 aromatic rings. The van der Waals surface area contributed by atoms with Crippen LogP contribution in [0.1, 0.15) is 18.5 Å².